The van der Waals surface area contributed by atoms with Crippen LogP contribution in [-0.4, -0.2) is 58.2 Å². The van der Waals surface area contributed by atoms with E-state index in [0.717, 1.165) is 53.1 Å². The molecule has 0 spiro atoms. The Labute approximate surface area is 241 Å². The molecule has 0 atom stereocenters. The molecule has 0 amide bonds. The summed E-state index contributed by atoms with van der Waals surface area (Å²) in [4.78, 5) is 27.4. The number of aromatic nitrogens is 4. The highest BCUT2D eigenvalue weighted by Crippen LogP contribution is 2.30. The number of nitrogens with zero attached hydrogens (tertiary/aromatic N) is 5. The number of hydrogen-bond donors (Lipinski definition) is 1. The van der Waals surface area contributed by atoms with E-state index < -0.39 is 0 Å². The van der Waals surface area contributed by atoms with Crippen LogP contribution in [0.2, 0.25) is 0 Å². The lowest BCUT2D eigenvalue weighted by molar-refractivity contribution is -0.0987. The SMILES string of the molecule is C=O.C=O.CC(C)/C=C\C=C/C(C)C.CN1CCC(c2cc(NCc3cccnc3)n3ncc(Br)c3n2)CC1. The number of anilines is 1. The third kappa shape index (κ3) is 12.0. The number of pyridine rings is 1. The molecule has 9 heteroatoms. The number of hydrogen-bond acceptors (Lipinski definition) is 7. The lowest BCUT2D eigenvalue weighted by Crippen LogP contribution is -2.29. The average molecular weight is 600 g/mol. The number of carbonyl (C=O) groups excluding carboxylic acids is 2. The van der Waals surface area contributed by atoms with E-state index in [0.29, 0.717) is 24.3 Å². The lowest BCUT2D eigenvalue weighted by Gasteiger charge is -2.28. The van der Waals surface area contributed by atoms with Gasteiger partial charge >= 0.3 is 0 Å². The van der Waals surface area contributed by atoms with Gasteiger partial charge in [0.1, 0.15) is 19.4 Å². The summed E-state index contributed by atoms with van der Waals surface area (Å²) >= 11 is 3.57. The molecule has 1 saturated heterocycles. The van der Waals surface area contributed by atoms with Gasteiger partial charge in [-0.3, -0.25) is 4.98 Å². The normalized spacial score (nSPS) is 14.1. The minimum atomic E-state index is 0.502. The number of halogens is 1. The molecule has 0 bridgehead atoms. The number of piperidine rings is 1. The van der Waals surface area contributed by atoms with Crippen LogP contribution >= 0.6 is 15.9 Å². The Kier molecular flexibility index (Phi) is 16.5. The highest BCUT2D eigenvalue weighted by Gasteiger charge is 2.21. The zero-order valence-electron chi connectivity index (χ0n) is 23.9. The van der Waals surface area contributed by atoms with Crippen LogP contribution in [0.3, 0.4) is 0 Å². The molecule has 1 aliphatic rings. The number of nitrogens with one attached hydrogen (secondary N) is 1. The van der Waals surface area contributed by atoms with E-state index >= 15 is 0 Å². The second kappa shape index (κ2) is 19.0. The van der Waals surface area contributed by atoms with E-state index in [4.69, 9.17) is 14.6 Å². The fourth-order valence-corrected chi connectivity index (χ4v) is 4.21. The number of rotatable bonds is 7. The van der Waals surface area contributed by atoms with Crippen LogP contribution in [0.5, 0.6) is 0 Å². The van der Waals surface area contributed by atoms with E-state index in [2.05, 4.69) is 107 Å². The zero-order valence-corrected chi connectivity index (χ0v) is 25.5. The Balaban J connectivity index is 0.000000461. The highest BCUT2D eigenvalue weighted by atomic mass is 79.9. The van der Waals surface area contributed by atoms with Gasteiger partial charge in [-0.25, -0.2) is 4.98 Å². The van der Waals surface area contributed by atoms with Crippen LogP contribution in [-0.2, 0) is 16.1 Å². The van der Waals surface area contributed by atoms with Crippen molar-refractivity contribution in [1.82, 2.24) is 24.5 Å². The summed E-state index contributed by atoms with van der Waals surface area (Å²) in [6, 6.07) is 6.17. The Morgan fingerprint density at radius 2 is 1.67 bits per heavy atom. The second-order valence-electron chi connectivity index (χ2n) is 9.84. The van der Waals surface area contributed by atoms with E-state index in [1.54, 1.807) is 12.4 Å². The van der Waals surface area contributed by atoms with Crippen molar-refractivity contribution in [3.05, 3.63) is 76.8 Å². The van der Waals surface area contributed by atoms with E-state index in [1.165, 1.54) is 0 Å². The van der Waals surface area contributed by atoms with Crippen molar-refractivity contribution >= 4 is 41.0 Å². The van der Waals surface area contributed by atoms with Crippen LogP contribution in [0, 0.1) is 11.8 Å². The monoisotopic (exact) mass is 598 g/mol. The maximum absolute atomic E-state index is 8.00. The lowest BCUT2D eigenvalue weighted by atomic mass is 9.93. The van der Waals surface area contributed by atoms with Crippen molar-refractivity contribution in [3.8, 4) is 0 Å². The van der Waals surface area contributed by atoms with Gasteiger partial charge in [-0.15, -0.1) is 0 Å². The molecule has 8 nitrogen and oxygen atoms in total. The van der Waals surface area contributed by atoms with Gasteiger partial charge in [-0.1, -0.05) is 58.1 Å². The number of likely N-dealkylation sites (tertiary alicyclic amines) is 1. The Bertz CT molecular complexity index is 1120. The molecule has 4 heterocycles. The Morgan fingerprint density at radius 1 is 1.05 bits per heavy atom. The van der Waals surface area contributed by atoms with Gasteiger partial charge in [0.05, 0.1) is 10.7 Å². The number of fused-ring (bicyclic) bond motifs is 1. The molecule has 0 aliphatic carbocycles. The molecule has 3 aromatic heterocycles. The summed E-state index contributed by atoms with van der Waals surface area (Å²) < 4.78 is 2.78. The Morgan fingerprint density at radius 3 is 2.21 bits per heavy atom. The van der Waals surface area contributed by atoms with Gasteiger partial charge in [0.25, 0.3) is 0 Å². The molecular formula is C30H43BrN6O2. The number of carbonyl (C=O) groups is 2. The molecule has 1 N–H and O–H groups in total. The molecule has 4 rings (SSSR count). The van der Waals surface area contributed by atoms with Crippen LogP contribution in [0.25, 0.3) is 5.65 Å². The molecule has 212 valence electrons. The zero-order chi connectivity index (χ0) is 29.2. The van der Waals surface area contributed by atoms with Gasteiger partial charge in [0, 0.05) is 36.6 Å². The minimum Gasteiger partial charge on any atom is -0.366 e. The maximum atomic E-state index is 8.00. The quantitative estimate of drug-likeness (QED) is 0.317. The van der Waals surface area contributed by atoms with E-state index in [9.17, 15) is 0 Å². The topological polar surface area (TPSA) is 92.5 Å². The van der Waals surface area contributed by atoms with Crippen molar-refractivity contribution in [2.45, 2.75) is 53.0 Å². The molecule has 0 aromatic carbocycles. The van der Waals surface area contributed by atoms with Crippen LogP contribution < -0.4 is 5.32 Å². The molecule has 0 unspecified atom stereocenters. The summed E-state index contributed by atoms with van der Waals surface area (Å²) in [6.07, 6.45) is 16.4. The van der Waals surface area contributed by atoms with Gasteiger partial charge in [-0.05, 0) is 72.4 Å². The summed E-state index contributed by atoms with van der Waals surface area (Å²) in [7, 11) is 2.18. The summed E-state index contributed by atoms with van der Waals surface area (Å²) in [5, 5.41) is 7.94. The van der Waals surface area contributed by atoms with Gasteiger partial charge in [0.2, 0.25) is 0 Å². The second-order valence-corrected chi connectivity index (χ2v) is 10.7. The van der Waals surface area contributed by atoms with Crippen LogP contribution in [0.1, 0.15) is 57.7 Å². The van der Waals surface area contributed by atoms with Gasteiger partial charge < -0.3 is 19.8 Å². The Hall–Kier alpha value is -3.17. The first kappa shape index (κ1) is 33.9. The van der Waals surface area contributed by atoms with E-state index in [1.807, 2.05) is 30.4 Å². The maximum Gasteiger partial charge on any atom is 0.171 e. The molecule has 1 fully saturated rings. The van der Waals surface area contributed by atoms with Gasteiger partial charge in [-0.2, -0.15) is 9.61 Å². The largest absolute Gasteiger partial charge is 0.366 e. The predicted octanol–water partition coefficient (Wildman–Crippen LogP) is 6.35. The molecule has 0 radical (unpaired) electrons. The standard InChI is InChI=1S/C18H21BrN6.C10H18.2CH2O/c1-24-7-4-14(5-8-24)16-9-17(21-11-13-3-2-6-20-10-13)25-18(23-16)15(19)12-22-25;1-9(2)7-5-6-8-10(3)4;2*1-2/h2-3,6,9-10,12,14,21H,4-5,7-8,11H2,1H3;5-10H,1-4H3;2*1H2/b;7-5-,8-6-;;. The van der Waals surface area contributed by atoms with Gasteiger partial charge in [0.15, 0.2) is 5.65 Å². The van der Waals surface area contributed by atoms with E-state index in [-0.39, 0.29) is 0 Å². The summed E-state index contributed by atoms with van der Waals surface area (Å²) in [5.41, 5.74) is 3.15. The first-order valence-electron chi connectivity index (χ1n) is 13.1. The molecular weight excluding hydrogens is 556 g/mol. The van der Waals surface area contributed by atoms with Crippen molar-refractivity contribution in [2.75, 3.05) is 25.5 Å². The fraction of sp³-hybridized carbons (Fsp3) is 0.433. The third-order valence-corrected chi connectivity index (χ3v) is 6.44. The van der Waals surface area contributed by atoms with Crippen molar-refractivity contribution in [2.24, 2.45) is 11.8 Å². The first-order chi connectivity index (χ1) is 18.8. The van der Waals surface area contributed by atoms with Crippen molar-refractivity contribution in [3.63, 3.8) is 0 Å². The number of allylic oxidation sites excluding steroid dienone is 4. The fourth-order valence-electron chi connectivity index (χ4n) is 3.86. The van der Waals surface area contributed by atoms with Crippen LogP contribution in [0.4, 0.5) is 5.82 Å². The third-order valence-electron chi connectivity index (χ3n) is 5.88. The van der Waals surface area contributed by atoms with Crippen LogP contribution in [0.15, 0.2) is 65.6 Å². The average Bonchev–Trinajstić information content (AvgIpc) is 3.33. The molecule has 3 aromatic rings. The predicted molar refractivity (Wildman–Crippen MR) is 164 cm³/mol. The van der Waals surface area contributed by atoms with Crippen molar-refractivity contribution in [1.29, 1.82) is 0 Å². The summed E-state index contributed by atoms with van der Waals surface area (Å²) in [6.45, 7) is 15.7. The molecule has 1 aliphatic heterocycles. The van der Waals surface area contributed by atoms with Crippen molar-refractivity contribution < 1.29 is 9.59 Å². The smallest absolute Gasteiger partial charge is 0.171 e. The minimum absolute atomic E-state index is 0.502. The molecule has 0 saturated carbocycles. The molecule has 39 heavy (non-hydrogen) atoms. The first-order valence-corrected chi connectivity index (χ1v) is 13.9. The highest BCUT2D eigenvalue weighted by molar-refractivity contribution is 9.10. The summed E-state index contributed by atoms with van der Waals surface area (Å²) in [5.74, 6) is 2.80.